The lowest BCUT2D eigenvalue weighted by atomic mass is 9.95. The highest BCUT2D eigenvalue weighted by Gasteiger charge is 2.47. The van der Waals surface area contributed by atoms with E-state index in [0.29, 0.717) is 30.8 Å². The minimum absolute atomic E-state index is 0.0667. The molecule has 0 aromatic heterocycles. The minimum atomic E-state index is -1.01. The van der Waals surface area contributed by atoms with E-state index in [1.807, 2.05) is 6.07 Å². The fraction of sp³-hybridized carbons (Fsp3) is 0.524. The zero-order valence-corrected chi connectivity index (χ0v) is 18.3. The fourth-order valence-electron chi connectivity index (χ4n) is 3.72. The number of nitrogens with one attached hydrogen (secondary N) is 1. The van der Waals surface area contributed by atoms with E-state index < -0.39 is 11.5 Å². The van der Waals surface area contributed by atoms with Gasteiger partial charge in [0.2, 0.25) is 5.91 Å². The molecule has 0 radical (unpaired) electrons. The number of rotatable bonds is 7. The molecule has 1 aromatic rings. The Labute approximate surface area is 174 Å². The van der Waals surface area contributed by atoms with Crippen LogP contribution in [0.4, 0.5) is 0 Å². The molecular weight excluding hydrogens is 426 g/mol. The second-order valence-electron chi connectivity index (χ2n) is 6.88. The van der Waals surface area contributed by atoms with Crippen molar-refractivity contribution in [2.75, 3.05) is 27.9 Å². The molecule has 28 heavy (non-hydrogen) atoms. The molecule has 6 nitrogen and oxygen atoms in total. The number of carbonyl (C=O) groups is 2. The van der Waals surface area contributed by atoms with E-state index in [4.69, 9.17) is 14.2 Å². The second kappa shape index (κ2) is 9.94. The van der Waals surface area contributed by atoms with Gasteiger partial charge in [-0.15, -0.1) is 5.92 Å². The van der Waals surface area contributed by atoms with E-state index in [1.165, 1.54) is 7.11 Å². The van der Waals surface area contributed by atoms with Gasteiger partial charge < -0.3 is 19.5 Å². The van der Waals surface area contributed by atoms with Crippen LogP contribution < -0.4 is 10.1 Å². The van der Waals surface area contributed by atoms with Crippen LogP contribution in [0.25, 0.3) is 0 Å². The highest BCUT2D eigenvalue weighted by molar-refractivity contribution is 9.10. The van der Waals surface area contributed by atoms with Crippen LogP contribution in [0.3, 0.4) is 0 Å². The summed E-state index contributed by atoms with van der Waals surface area (Å²) in [6.45, 7) is 2.31. The van der Waals surface area contributed by atoms with E-state index in [1.54, 1.807) is 27.2 Å². The van der Waals surface area contributed by atoms with Gasteiger partial charge in [-0.05, 0) is 44.2 Å². The van der Waals surface area contributed by atoms with Crippen LogP contribution >= 0.6 is 15.9 Å². The van der Waals surface area contributed by atoms with E-state index in [9.17, 15) is 9.59 Å². The highest BCUT2D eigenvalue weighted by atomic mass is 79.9. The molecule has 2 rings (SSSR count). The first-order chi connectivity index (χ1) is 13.4. The first kappa shape index (κ1) is 22.3. The van der Waals surface area contributed by atoms with E-state index in [-0.39, 0.29) is 18.2 Å². The zero-order valence-electron chi connectivity index (χ0n) is 16.7. The van der Waals surface area contributed by atoms with Gasteiger partial charge in [0, 0.05) is 29.3 Å². The molecule has 152 valence electrons. The Balaban J connectivity index is 2.21. The SMILES string of the molecule is CC#Cc1cc(Br)c(CC(=O)NC2(C(=O)OC)CCC(COC)C2)c(OC)c1. The number of esters is 1. The second-order valence-corrected chi connectivity index (χ2v) is 7.73. The summed E-state index contributed by atoms with van der Waals surface area (Å²) in [5.74, 6) is 5.91. The van der Waals surface area contributed by atoms with Crippen molar-refractivity contribution in [3.05, 3.63) is 27.7 Å². The van der Waals surface area contributed by atoms with Crippen molar-refractivity contribution in [3.63, 3.8) is 0 Å². The molecule has 7 heteroatoms. The van der Waals surface area contributed by atoms with Crippen LogP contribution in [0.2, 0.25) is 0 Å². The van der Waals surface area contributed by atoms with Gasteiger partial charge in [-0.2, -0.15) is 0 Å². The summed E-state index contributed by atoms with van der Waals surface area (Å²) in [7, 11) is 4.52. The Morgan fingerprint density at radius 3 is 2.68 bits per heavy atom. The molecule has 0 aliphatic heterocycles. The third kappa shape index (κ3) is 5.06. The number of amides is 1. The maximum Gasteiger partial charge on any atom is 0.331 e. The van der Waals surface area contributed by atoms with Gasteiger partial charge in [0.25, 0.3) is 0 Å². The van der Waals surface area contributed by atoms with Crippen LogP contribution in [0.15, 0.2) is 16.6 Å². The van der Waals surface area contributed by atoms with Gasteiger partial charge in [-0.25, -0.2) is 4.79 Å². The highest BCUT2D eigenvalue weighted by Crippen LogP contribution is 2.36. The van der Waals surface area contributed by atoms with E-state index >= 15 is 0 Å². The molecular formula is C21H26BrNO5. The normalized spacial score (nSPS) is 20.8. The molecule has 1 N–H and O–H groups in total. The summed E-state index contributed by atoms with van der Waals surface area (Å²) in [4.78, 5) is 25.3. The third-order valence-electron chi connectivity index (χ3n) is 4.95. The maximum atomic E-state index is 12.8. The molecule has 2 unspecified atom stereocenters. The third-order valence-corrected chi connectivity index (χ3v) is 5.66. The first-order valence-corrected chi connectivity index (χ1v) is 9.86. The minimum Gasteiger partial charge on any atom is -0.496 e. The van der Waals surface area contributed by atoms with Crippen LogP contribution in [-0.4, -0.2) is 45.4 Å². The van der Waals surface area contributed by atoms with Crippen molar-refractivity contribution < 1.29 is 23.8 Å². The summed E-state index contributed by atoms with van der Waals surface area (Å²) >= 11 is 3.50. The fourth-order valence-corrected chi connectivity index (χ4v) is 4.31. The van der Waals surface area contributed by atoms with Crippen molar-refractivity contribution in [3.8, 4) is 17.6 Å². The molecule has 1 fully saturated rings. The van der Waals surface area contributed by atoms with Crippen molar-refractivity contribution in [1.29, 1.82) is 0 Å². The Hall–Kier alpha value is -2.04. The summed E-state index contributed by atoms with van der Waals surface area (Å²) in [6, 6.07) is 3.64. The molecule has 2 atom stereocenters. The van der Waals surface area contributed by atoms with Gasteiger partial charge >= 0.3 is 5.97 Å². The lowest BCUT2D eigenvalue weighted by molar-refractivity contribution is -0.150. The van der Waals surface area contributed by atoms with Crippen molar-refractivity contribution in [2.45, 2.75) is 38.1 Å². The predicted octanol–water partition coefficient (Wildman–Crippen LogP) is 2.85. The average Bonchev–Trinajstić information content (AvgIpc) is 3.07. The zero-order chi connectivity index (χ0) is 20.7. The molecule has 0 spiro atoms. The Morgan fingerprint density at radius 2 is 2.07 bits per heavy atom. The van der Waals surface area contributed by atoms with Gasteiger partial charge in [0.1, 0.15) is 11.3 Å². The smallest absolute Gasteiger partial charge is 0.331 e. The summed E-state index contributed by atoms with van der Waals surface area (Å²) < 4.78 is 16.4. The first-order valence-electron chi connectivity index (χ1n) is 9.06. The number of benzene rings is 1. The molecule has 1 aliphatic carbocycles. The Kier molecular flexibility index (Phi) is 7.90. The topological polar surface area (TPSA) is 73.9 Å². The number of halogens is 1. The Bertz CT molecular complexity index is 798. The monoisotopic (exact) mass is 451 g/mol. The number of hydrogen-bond donors (Lipinski definition) is 1. The van der Waals surface area contributed by atoms with E-state index in [0.717, 1.165) is 16.5 Å². The summed E-state index contributed by atoms with van der Waals surface area (Å²) in [6.07, 6.45) is 1.89. The van der Waals surface area contributed by atoms with Gasteiger partial charge in [0.05, 0.1) is 20.6 Å². The van der Waals surface area contributed by atoms with E-state index in [2.05, 4.69) is 33.1 Å². The van der Waals surface area contributed by atoms with Gasteiger partial charge in [-0.1, -0.05) is 21.9 Å². The molecule has 1 aliphatic rings. The van der Waals surface area contributed by atoms with Crippen LogP contribution in [0.5, 0.6) is 5.75 Å². The molecule has 0 heterocycles. The van der Waals surface area contributed by atoms with Crippen molar-refractivity contribution in [2.24, 2.45) is 5.92 Å². The van der Waals surface area contributed by atoms with Crippen LogP contribution in [-0.2, 0) is 25.5 Å². The molecule has 0 bridgehead atoms. The lowest BCUT2D eigenvalue weighted by Crippen LogP contribution is -2.54. The molecule has 0 saturated heterocycles. The summed E-state index contributed by atoms with van der Waals surface area (Å²) in [5, 5.41) is 2.92. The average molecular weight is 452 g/mol. The van der Waals surface area contributed by atoms with Crippen LogP contribution in [0.1, 0.15) is 37.3 Å². The quantitative estimate of drug-likeness (QED) is 0.509. The lowest BCUT2D eigenvalue weighted by Gasteiger charge is -2.28. The standard InChI is InChI=1S/C21H26BrNO5/c1-5-6-14-9-17(22)16(18(10-14)27-3)11-19(24)23-21(20(25)28-4)8-7-15(12-21)13-26-2/h9-10,15H,7-8,11-13H2,1-4H3,(H,23,24). The maximum absolute atomic E-state index is 12.8. The number of ether oxygens (including phenoxy) is 3. The van der Waals surface area contributed by atoms with Crippen LogP contribution in [0, 0.1) is 17.8 Å². The molecule has 1 aromatic carbocycles. The number of carbonyl (C=O) groups excluding carboxylic acids is 2. The largest absolute Gasteiger partial charge is 0.496 e. The number of hydrogen-bond acceptors (Lipinski definition) is 5. The molecule has 1 saturated carbocycles. The predicted molar refractivity (Wildman–Crippen MR) is 109 cm³/mol. The van der Waals surface area contributed by atoms with Gasteiger partial charge in [-0.3, -0.25) is 4.79 Å². The number of methoxy groups -OCH3 is 3. The summed E-state index contributed by atoms with van der Waals surface area (Å²) in [5.41, 5.74) is 0.482. The van der Waals surface area contributed by atoms with Crippen molar-refractivity contribution >= 4 is 27.8 Å². The Morgan fingerprint density at radius 1 is 1.32 bits per heavy atom. The van der Waals surface area contributed by atoms with Gasteiger partial charge in [0.15, 0.2) is 0 Å². The van der Waals surface area contributed by atoms with Crippen molar-refractivity contribution in [1.82, 2.24) is 5.32 Å². The molecule has 1 amide bonds.